The Kier molecular flexibility index (Phi) is 1.18. The van der Waals surface area contributed by atoms with Crippen LogP contribution in [-0.4, -0.2) is 5.78 Å². The summed E-state index contributed by atoms with van der Waals surface area (Å²) in [6, 6.07) is 5.18. The number of fused-ring (bicyclic) bond motifs is 1. The summed E-state index contributed by atoms with van der Waals surface area (Å²) in [5.41, 5.74) is 13.0. The second-order valence-corrected chi connectivity index (χ2v) is 4.43. The molecule has 0 heterocycles. The molecule has 3 rings (SSSR count). The van der Waals surface area contributed by atoms with Crippen molar-refractivity contribution >= 4 is 17.2 Å². The van der Waals surface area contributed by atoms with E-state index in [-0.39, 0.29) is 11.2 Å². The molecule has 2 fully saturated rings. The summed E-state index contributed by atoms with van der Waals surface area (Å²) in [7, 11) is 0. The molecule has 1 aromatic rings. The Bertz CT molecular complexity index is 433. The first-order valence-electron chi connectivity index (χ1n) is 4.83. The van der Waals surface area contributed by atoms with E-state index in [1.807, 2.05) is 0 Å². The van der Waals surface area contributed by atoms with Gasteiger partial charge in [0, 0.05) is 11.0 Å². The van der Waals surface area contributed by atoms with Gasteiger partial charge in [-0.25, -0.2) is 0 Å². The molecule has 4 N–H and O–H groups in total. The zero-order valence-corrected chi connectivity index (χ0v) is 7.79. The van der Waals surface area contributed by atoms with Crippen LogP contribution in [0.3, 0.4) is 0 Å². The van der Waals surface area contributed by atoms with Crippen LogP contribution in [0.2, 0.25) is 0 Å². The molecule has 14 heavy (non-hydrogen) atoms. The van der Waals surface area contributed by atoms with Crippen molar-refractivity contribution in [2.45, 2.75) is 12.8 Å². The quantitative estimate of drug-likeness (QED) is 0.545. The lowest BCUT2D eigenvalue weighted by Crippen LogP contribution is -2.08. The third-order valence-corrected chi connectivity index (χ3v) is 3.48. The van der Waals surface area contributed by atoms with Crippen molar-refractivity contribution in [2.24, 2.45) is 11.3 Å². The highest BCUT2D eigenvalue weighted by Crippen LogP contribution is 2.76. The van der Waals surface area contributed by atoms with E-state index in [9.17, 15) is 4.79 Å². The van der Waals surface area contributed by atoms with Crippen molar-refractivity contribution in [2.75, 3.05) is 11.5 Å². The molecule has 3 nitrogen and oxygen atoms in total. The fourth-order valence-corrected chi connectivity index (χ4v) is 2.08. The molecule has 2 aliphatic carbocycles. The van der Waals surface area contributed by atoms with Crippen molar-refractivity contribution < 1.29 is 4.79 Å². The summed E-state index contributed by atoms with van der Waals surface area (Å²) in [5, 5.41) is 0. The van der Waals surface area contributed by atoms with E-state index < -0.39 is 0 Å². The number of hydrogen-bond donors (Lipinski definition) is 2. The third kappa shape index (κ3) is 0.842. The van der Waals surface area contributed by atoms with Gasteiger partial charge in [0.2, 0.25) is 0 Å². The predicted octanol–water partition coefficient (Wildman–Crippen LogP) is 1.44. The lowest BCUT2D eigenvalue weighted by molar-refractivity contribution is 0.0937. The van der Waals surface area contributed by atoms with E-state index in [1.54, 1.807) is 18.2 Å². The largest absolute Gasteiger partial charge is 0.397 e. The normalized spacial score (nSPS) is 32.1. The van der Waals surface area contributed by atoms with E-state index in [0.29, 0.717) is 17.3 Å². The fourth-order valence-electron chi connectivity index (χ4n) is 2.08. The van der Waals surface area contributed by atoms with Crippen molar-refractivity contribution in [1.29, 1.82) is 0 Å². The van der Waals surface area contributed by atoms with E-state index >= 15 is 0 Å². The van der Waals surface area contributed by atoms with E-state index in [1.165, 1.54) is 0 Å². The molecule has 0 saturated heterocycles. The Labute approximate surface area is 82.1 Å². The first-order chi connectivity index (χ1) is 6.63. The Morgan fingerprint density at radius 2 is 1.93 bits per heavy atom. The van der Waals surface area contributed by atoms with Gasteiger partial charge in [0.05, 0.1) is 11.4 Å². The number of anilines is 2. The van der Waals surface area contributed by atoms with Crippen LogP contribution >= 0.6 is 0 Å². The summed E-state index contributed by atoms with van der Waals surface area (Å²) in [5.74, 6) is 0.933. The monoisotopic (exact) mass is 188 g/mol. The van der Waals surface area contributed by atoms with Crippen LogP contribution < -0.4 is 11.5 Å². The summed E-state index contributed by atoms with van der Waals surface area (Å²) in [6.45, 7) is 0. The third-order valence-electron chi connectivity index (χ3n) is 3.48. The predicted molar refractivity (Wildman–Crippen MR) is 54.8 cm³/mol. The van der Waals surface area contributed by atoms with Gasteiger partial charge in [0.25, 0.3) is 0 Å². The molecular weight excluding hydrogens is 176 g/mol. The van der Waals surface area contributed by atoms with Gasteiger partial charge in [0.15, 0.2) is 5.78 Å². The number of rotatable bonds is 2. The lowest BCUT2D eigenvalue weighted by atomic mass is 10.0. The van der Waals surface area contributed by atoms with Gasteiger partial charge >= 0.3 is 0 Å². The molecule has 1 aromatic carbocycles. The van der Waals surface area contributed by atoms with E-state index in [2.05, 4.69) is 0 Å². The minimum atomic E-state index is 0.0303. The topological polar surface area (TPSA) is 69.1 Å². The molecule has 2 saturated carbocycles. The number of Topliss-reactive ketones (excluding diaryl/α,β-unsaturated/α-hetero) is 1. The average molecular weight is 188 g/mol. The number of ketones is 1. The molecule has 0 amide bonds. The minimum Gasteiger partial charge on any atom is -0.397 e. The van der Waals surface area contributed by atoms with E-state index in [0.717, 1.165) is 18.4 Å². The molecule has 0 unspecified atom stereocenters. The summed E-state index contributed by atoms with van der Waals surface area (Å²) in [4.78, 5) is 11.9. The summed E-state index contributed by atoms with van der Waals surface area (Å²) < 4.78 is 0. The molecule has 0 spiro atoms. The van der Waals surface area contributed by atoms with Crippen LogP contribution in [0.25, 0.3) is 0 Å². The maximum atomic E-state index is 11.9. The molecule has 0 bridgehead atoms. The average Bonchev–Trinajstić information content (AvgIpc) is 2.95. The van der Waals surface area contributed by atoms with Gasteiger partial charge in [-0.15, -0.1) is 0 Å². The van der Waals surface area contributed by atoms with Crippen LogP contribution in [0.1, 0.15) is 23.2 Å². The first-order valence-corrected chi connectivity index (χ1v) is 4.83. The number of nitrogen functional groups attached to an aromatic ring is 2. The number of nitrogens with two attached hydrogens (primary N) is 2. The smallest absolute Gasteiger partial charge is 0.169 e. The molecule has 0 aliphatic heterocycles. The maximum Gasteiger partial charge on any atom is 0.169 e. The van der Waals surface area contributed by atoms with Gasteiger partial charge in [-0.1, -0.05) is 0 Å². The standard InChI is InChI=1S/C11H12N2O/c12-8-2-1-6(3-9(8)13)10(14)11-4-7(11)5-11/h1-3,7H,4-5,12-13H2. The molecule has 3 heteroatoms. The fraction of sp³-hybridized carbons (Fsp3) is 0.364. The Morgan fingerprint density at radius 3 is 2.43 bits per heavy atom. The zero-order valence-electron chi connectivity index (χ0n) is 7.79. The maximum absolute atomic E-state index is 11.9. The van der Waals surface area contributed by atoms with Crippen LogP contribution in [0.4, 0.5) is 11.4 Å². The molecule has 72 valence electrons. The van der Waals surface area contributed by atoms with Crippen molar-refractivity contribution in [3.05, 3.63) is 23.8 Å². The van der Waals surface area contributed by atoms with Gasteiger partial charge < -0.3 is 11.5 Å². The highest BCUT2D eigenvalue weighted by Gasteiger charge is 2.74. The Balaban J connectivity index is 1.96. The Hall–Kier alpha value is -1.51. The van der Waals surface area contributed by atoms with Gasteiger partial charge in [-0.05, 0) is 37.0 Å². The van der Waals surface area contributed by atoms with Crippen molar-refractivity contribution in [1.82, 2.24) is 0 Å². The molecule has 0 aromatic heterocycles. The van der Waals surface area contributed by atoms with Crippen molar-refractivity contribution in [3.63, 3.8) is 0 Å². The molecule has 0 radical (unpaired) electrons. The van der Waals surface area contributed by atoms with Crippen LogP contribution in [0, 0.1) is 11.3 Å². The second-order valence-electron chi connectivity index (χ2n) is 4.43. The number of carbonyl (C=O) groups excluding carboxylic acids is 1. The number of hydrogen-bond acceptors (Lipinski definition) is 3. The highest BCUT2D eigenvalue weighted by molar-refractivity contribution is 6.06. The zero-order chi connectivity index (χ0) is 9.92. The van der Waals surface area contributed by atoms with Crippen LogP contribution in [-0.2, 0) is 0 Å². The first kappa shape index (κ1) is 7.85. The van der Waals surface area contributed by atoms with Crippen LogP contribution in [0.5, 0.6) is 0 Å². The van der Waals surface area contributed by atoms with Gasteiger partial charge in [0.1, 0.15) is 0 Å². The molecule has 2 aliphatic rings. The Morgan fingerprint density at radius 1 is 1.29 bits per heavy atom. The second kappa shape index (κ2) is 2.11. The molecular formula is C11H12N2O. The summed E-state index contributed by atoms with van der Waals surface area (Å²) >= 11 is 0. The SMILES string of the molecule is Nc1ccc(C(=O)C23CC2C3)cc1N. The molecule has 0 atom stereocenters. The van der Waals surface area contributed by atoms with Gasteiger partial charge in [-0.3, -0.25) is 4.79 Å². The van der Waals surface area contributed by atoms with Gasteiger partial charge in [-0.2, -0.15) is 0 Å². The van der Waals surface area contributed by atoms with E-state index in [4.69, 9.17) is 11.5 Å². The number of carbonyl (C=O) groups is 1. The number of benzene rings is 1. The van der Waals surface area contributed by atoms with Crippen LogP contribution in [0.15, 0.2) is 18.2 Å². The van der Waals surface area contributed by atoms with Crippen molar-refractivity contribution in [3.8, 4) is 0 Å². The minimum absolute atomic E-state index is 0.0303. The lowest BCUT2D eigenvalue weighted by Gasteiger charge is -2.05. The highest BCUT2D eigenvalue weighted by atomic mass is 16.1. The summed E-state index contributed by atoms with van der Waals surface area (Å²) in [6.07, 6.45) is 2.16.